The Hall–Kier alpha value is -1.68. The summed E-state index contributed by atoms with van der Waals surface area (Å²) in [6, 6.07) is 7.91. The number of nitrogens with one attached hydrogen (secondary N) is 1. The second-order valence-electron chi connectivity index (χ2n) is 5.37. The van der Waals surface area contributed by atoms with Gasteiger partial charge in [-0.1, -0.05) is 26.0 Å². The highest BCUT2D eigenvalue weighted by Crippen LogP contribution is 2.15. The average molecular weight is 273 g/mol. The number of aryl methyl sites for hydroxylation is 1. The Kier molecular flexibility index (Phi) is 5.30. The molecule has 1 aromatic heterocycles. The van der Waals surface area contributed by atoms with E-state index in [1.807, 2.05) is 31.2 Å². The summed E-state index contributed by atoms with van der Waals surface area (Å²) in [6.07, 6.45) is 1.11. The standard InChI is InChI=1S/C16H23N3O/c1-12(2)8-10-20-11-9-17-16-13(3)18-14-6-4-5-7-15(14)19-16/h4-7,12H,8-11H2,1-3H3,(H,17,19). The van der Waals surface area contributed by atoms with Crippen LogP contribution in [-0.4, -0.2) is 29.7 Å². The highest BCUT2D eigenvalue weighted by Gasteiger charge is 2.04. The first kappa shape index (κ1) is 14.7. The molecule has 0 aliphatic heterocycles. The molecule has 0 aliphatic carbocycles. The summed E-state index contributed by atoms with van der Waals surface area (Å²) in [4.78, 5) is 9.14. The van der Waals surface area contributed by atoms with Crippen LogP contribution in [0.5, 0.6) is 0 Å². The summed E-state index contributed by atoms with van der Waals surface area (Å²) in [6.45, 7) is 8.65. The molecule has 2 rings (SSSR count). The molecule has 0 radical (unpaired) electrons. The summed E-state index contributed by atoms with van der Waals surface area (Å²) >= 11 is 0. The third kappa shape index (κ3) is 4.17. The molecule has 0 atom stereocenters. The minimum atomic E-state index is 0.691. The molecule has 20 heavy (non-hydrogen) atoms. The molecule has 0 spiro atoms. The lowest BCUT2D eigenvalue weighted by Crippen LogP contribution is -2.13. The lowest BCUT2D eigenvalue weighted by atomic mass is 10.1. The normalized spacial score (nSPS) is 11.2. The van der Waals surface area contributed by atoms with Gasteiger partial charge in [-0.3, -0.25) is 0 Å². The number of fused-ring (bicyclic) bond motifs is 1. The lowest BCUT2D eigenvalue weighted by Gasteiger charge is -2.10. The minimum Gasteiger partial charge on any atom is -0.380 e. The zero-order valence-corrected chi connectivity index (χ0v) is 12.5. The number of hydrogen-bond donors (Lipinski definition) is 1. The van der Waals surface area contributed by atoms with Crippen molar-refractivity contribution in [3.8, 4) is 0 Å². The fourth-order valence-electron chi connectivity index (χ4n) is 1.92. The van der Waals surface area contributed by atoms with Gasteiger partial charge in [0.25, 0.3) is 0 Å². The summed E-state index contributed by atoms with van der Waals surface area (Å²) < 4.78 is 5.58. The first-order valence-electron chi connectivity index (χ1n) is 7.22. The van der Waals surface area contributed by atoms with E-state index < -0.39 is 0 Å². The van der Waals surface area contributed by atoms with E-state index in [-0.39, 0.29) is 0 Å². The number of anilines is 1. The largest absolute Gasteiger partial charge is 0.380 e. The van der Waals surface area contributed by atoms with Gasteiger partial charge in [-0.15, -0.1) is 0 Å². The van der Waals surface area contributed by atoms with Crippen LogP contribution in [0.2, 0.25) is 0 Å². The molecule has 108 valence electrons. The van der Waals surface area contributed by atoms with Gasteiger partial charge >= 0.3 is 0 Å². The van der Waals surface area contributed by atoms with Crippen molar-refractivity contribution in [1.82, 2.24) is 9.97 Å². The van der Waals surface area contributed by atoms with Gasteiger partial charge in [0, 0.05) is 13.2 Å². The third-order valence-electron chi connectivity index (χ3n) is 3.12. The van der Waals surface area contributed by atoms with Gasteiger partial charge < -0.3 is 10.1 Å². The van der Waals surface area contributed by atoms with E-state index in [9.17, 15) is 0 Å². The number of nitrogens with zero attached hydrogens (tertiary/aromatic N) is 2. The molecule has 1 N–H and O–H groups in total. The van der Waals surface area contributed by atoms with Crippen molar-refractivity contribution in [2.45, 2.75) is 27.2 Å². The lowest BCUT2D eigenvalue weighted by molar-refractivity contribution is 0.132. The molecular weight excluding hydrogens is 250 g/mol. The van der Waals surface area contributed by atoms with Crippen LogP contribution in [0.1, 0.15) is 26.0 Å². The number of para-hydroxylation sites is 2. The fraction of sp³-hybridized carbons (Fsp3) is 0.500. The molecular formula is C16H23N3O. The summed E-state index contributed by atoms with van der Waals surface area (Å²) in [5.41, 5.74) is 2.77. The van der Waals surface area contributed by atoms with E-state index in [0.29, 0.717) is 12.5 Å². The van der Waals surface area contributed by atoms with Gasteiger partial charge in [0.15, 0.2) is 0 Å². The number of aromatic nitrogens is 2. The molecule has 0 aliphatic rings. The average Bonchev–Trinajstić information content (AvgIpc) is 2.42. The molecule has 2 aromatic rings. The van der Waals surface area contributed by atoms with Crippen molar-refractivity contribution in [3.63, 3.8) is 0 Å². The monoisotopic (exact) mass is 273 g/mol. The first-order valence-corrected chi connectivity index (χ1v) is 7.22. The Bertz CT molecular complexity index is 554. The zero-order chi connectivity index (χ0) is 14.4. The number of ether oxygens (including phenoxy) is 1. The maximum absolute atomic E-state index is 5.58. The predicted molar refractivity (Wildman–Crippen MR) is 83.0 cm³/mol. The molecule has 0 saturated heterocycles. The van der Waals surface area contributed by atoms with E-state index in [1.54, 1.807) is 0 Å². The molecule has 0 saturated carbocycles. The van der Waals surface area contributed by atoms with Crippen molar-refractivity contribution in [1.29, 1.82) is 0 Å². The highest BCUT2D eigenvalue weighted by molar-refractivity contribution is 5.76. The SMILES string of the molecule is Cc1nc2ccccc2nc1NCCOCCC(C)C. The molecule has 0 fully saturated rings. The fourth-order valence-corrected chi connectivity index (χ4v) is 1.92. The number of rotatable bonds is 7. The zero-order valence-electron chi connectivity index (χ0n) is 12.5. The smallest absolute Gasteiger partial charge is 0.148 e. The predicted octanol–water partition coefficient (Wildman–Crippen LogP) is 3.41. The van der Waals surface area contributed by atoms with Gasteiger partial charge in [-0.05, 0) is 31.4 Å². The van der Waals surface area contributed by atoms with Crippen LogP contribution in [0, 0.1) is 12.8 Å². The van der Waals surface area contributed by atoms with Crippen LogP contribution in [0.15, 0.2) is 24.3 Å². The van der Waals surface area contributed by atoms with Crippen molar-refractivity contribution >= 4 is 16.9 Å². The van der Waals surface area contributed by atoms with Crippen LogP contribution in [0.3, 0.4) is 0 Å². The Morgan fingerprint density at radius 2 is 1.80 bits per heavy atom. The first-order chi connectivity index (χ1) is 9.66. The molecule has 1 aromatic carbocycles. The minimum absolute atomic E-state index is 0.691. The number of benzene rings is 1. The Morgan fingerprint density at radius 1 is 1.10 bits per heavy atom. The second-order valence-corrected chi connectivity index (χ2v) is 5.37. The molecule has 4 heteroatoms. The van der Waals surface area contributed by atoms with E-state index in [1.165, 1.54) is 0 Å². The van der Waals surface area contributed by atoms with Crippen LogP contribution < -0.4 is 5.32 Å². The molecule has 0 unspecified atom stereocenters. The van der Waals surface area contributed by atoms with Crippen LogP contribution in [0.25, 0.3) is 11.0 Å². The van der Waals surface area contributed by atoms with Crippen molar-refractivity contribution in [2.75, 3.05) is 25.1 Å². The van der Waals surface area contributed by atoms with Gasteiger partial charge in [-0.25, -0.2) is 9.97 Å². The molecule has 4 nitrogen and oxygen atoms in total. The second kappa shape index (κ2) is 7.20. The number of hydrogen-bond acceptors (Lipinski definition) is 4. The van der Waals surface area contributed by atoms with Crippen LogP contribution >= 0.6 is 0 Å². The molecule has 1 heterocycles. The van der Waals surface area contributed by atoms with E-state index in [0.717, 1.165) is 42.1 Å². The summed E-state index contributed by atoms with van der Waals surface area (Å²) in [5, 5.41) is 3.29. The van der Waals surface area contributed by atoms with Crippen molar-refractivity contribution in [2.24, 2.45) is 5.92 Å². The maximum atomic E-state index is 5.58. The van der Waals surface area contributed by atoms with E-state index in [4.69, 9.17) is 4.74 Å². The highest BCUT2D eigenvalue weighted by atomic mass is 16.5. The third-order valence-corrected chi connectivity index (χ3v) is 3.12. The maximum Gasteiger partial charge on any atom is 0.148 e. The molecule has 0 amide bonds. The van der Waals surface area contributed by atoms with Gasteiger partial charge in [0.05, 0.1) is 23.3 Å². The van der Waals surface area contributed by atoms with Gasteiger partial charge in [0.1, 0.15) is 5.82 Å². The van der Waals surface area contributed by atoms with Crippen molar-refractivity contribution in [3.05, 3.63) is 30.0 Å². The quantitative estimate of drug-likeness (QED) is 0.785. The summed E-state index contributed by atoms with van der Waals surface area (Å²) in [5.74, 6) is 1.53. The van der Waals surface area contributed by atoms with Gasteiger partial charge in [-0.2, -0.15) is 0 Å². The van der Waals surface area contributed by atoms with Crippen LogP contribution in [-0.2, 0) is 4.74 Å². The topological polar surface area (TPSA) is 47.0 Å². The van der Waals surface area contributed by atoms with Crippen molar-refractivity contribution < 1.29 is 4.74 Å². The Morgan fingerprint density at radius 3 is 2.50 bits per heavy atom. The Labute approximate surface area is 120 Å². The van der Waals surface area contributed by atoms with E-state index >= 15 is 0 Å². The molecule has 0 bridgehead atoms. The van der Waals surface area contributed by atoms with E-state index in [2.05, 4.69) is 29.1 Å². The van der Waals surface area contributed by atoms with Gasteiger partial charge in [0.2, 0.25) is 0 Å². The van der Waals surface area contributed by atoms with Crippen LogP contribution in [0.4, 0.5) is 5.82 Å². The summed E-state index contributed by atoms with van der Waals surface area (Å²) in [7, 11) is 0. The Balaban J connectivity index is 1.85.